The van der Waals surface area contributed by atoms with Crippen molar-refractivity contribution in [3.63, 3.8) is 0 Å². The highest BCUT2D eigenvalue weighted by molar-refractivity contribution is 9.09. The van der Waals surface area contributed by atoms with E-state index >= 15 is 0 Å². The molecule has 0 amide bonds. The summed E-state index contributed by atoms with van der Waals surface area (Å²) < 4.78 is 1.40. The fourth-order valence-electron chi connectivity index (χ4n) is 2.39. The van der Waals surface area contributed by atoms with Gasteiger partial charge < -0.3 is 10.2 Å². The van der Waals surface area contributed by atoms with Gasteiger partial charge in [-0.15, -0.1) is 0 Å². The minimum atomic E-state index is -0.428. The van der Waals surface area contributed by atoms with E-state index in [0.29, 0.717) is 18.1 Å². The molecule has 0 aliphatic carbocycles. The molecule has 0 bridgehead atoms. The number of nitrogens with zero attached hydrogens (tertiary/aromatic N) is 2. The van der Waals surface area contributed by atoms with Gasteiger partial charge in [0.05, 0.1) is 0 Å². The van der Waals surface area contributed by atoms with E-state index in [-0.39, 0.29) is 10.6 Å². The Kier molecular flexibility index (Phi) is 3.36. The van der Waals surface area contributed by atoms with E-state index in [2.05, 4.69) is 26.2 Å². The quantitative estimate of drug-likeness (QED) is 0.636. The van der Waals surface area contributed by atoms with Crippen LogP contribution in [0.4, 0.5) is 11.5 Å². The fraction of sp³-hybridized carbons (Fsp3) is 0.286. The van der Waals surface area contributed by atoms with E-state index in [1.807, 2.05) is 36.1 Å². The average Bonchev–Trinajstić information content (AvgIpc) is 2.77. The second-order valence-corrected chi connectivity index (χ2v) is 5.98. The molecular weight excluding hydrogens is 336 g/mol. The first-order chi connectivity index (χ1) is 9.97. The Morgan fingerprint density at radius 2 is 1.90 bits per heavy atom. The minimum absolute atomic E-state index is 0.233. The Morgan fingerprint density at radius 3 is 2.57 bits per heavy atom. The van der Waals surface area contributed by atoms with E-state index in [1.54, 1.807) is 7.05 Å². The van der Waals surface area contributed by atoms with Gasteiger partial charge in [-0.2, -0.15) is 0 Å². The molecule has 7 heteroatoms. The van der Waals surface area contributed by atoms with Gasteiger partial charge in [-0.1, -0.05) is 29.8 Å². The van der Waals surface area contributed by atoms with Gasteiger partial charge in [0.2, 0.25) is 0 Å². The van der Waals surface area contributed by atoms with Crippen LogP contribution in [-0.2, 0) is 13.6 Å². The molecule has 110 valence electrons. The van der Waals surface area contributed by atoms with E-state index in [9.17, 15) is 9.59 Å². The molecule has 2 heterocycles. The number of aryl methyl sites for hydroxylation is 1. The lowest BCUT2D eigenvalue weighted by molar-refractivity contribution is 0.811. The van der Waals surface area contributed by atoms with Crippen LogP contribution in [0.15, 0.2) is 33.9 Å². The monoisotopic (exact) mass is 350 g/mol. The summed E-state index contributed by atoms with van der Waals surface area (Å²) in [7, 11) is 1.62. The van der Waals surface area contributed by atoms with E-state index < -0.39 is 5.69 Å². The average molecular weight is 351 g/mol. The minimum Gasteiger partial charge on any atom is -0.340 e. The van der Waals surface area contributed by atoms with Crippen molar-refractivity contribution in [1.29, 1.82) is 0 Å². The number of rotatable bonds is 2. The Hall–Kier alpha value is -2.02. The van der Waals surface area contributed by atoms with Crippen LogP contribution in [0.1, 0.15) is 11.1 Å². The zero-order valence-corrected chi connectivity index (χ0v) is 13.3. The number of aromatic amines is 1. The van der Waals surface area contributed by atoms with Crippen LogP contribution >= 0.6 is 15.9 Å². The molecule has 1 aromatic heterocycles. The molecule has 0 fully saturated rings. The highest BCUT2D eigenvalue weighted by Crippen LogP contribution is 2.33. The number of hydrogen-bond acceptors (Lipinski definition) is 4. The number of hydrogen-bond donors (Lipinski definition) is 2. The smallest absolute Gasteiger partial charge is 0.329 e. The first-order valence-electron chi connectivity index (χ1n) is 6.53. The topological polar surface area (TPSA) is 70.1 Å². The van der Waals surface area contributed by atoms with E-state index in [0.717, 1.165) is 5.56 Å². The van der Waals surface area contributed by atoms with Gasteiger partial charge in [-0.25, -0.2) is 4.79 Å². The normalized spacial score (nSPS) is 16.7. The van der Waals surface area contributed by atoms with Crippen molar-refractivity contribution in [3.8, 4) is 0 Å². The first kappa shape index (κ1) is 13.9. The fourth-order valence-corrected chi connectivity index (χ4v) is 2.96. The Bertz CT molecular complexity index is 794. The lowest BCUT2D eigenvalue weighted by atomic mass is 10.1. The van der Waals surface area contributed by atoms with Gasteiger partial charge in [-0.05, 0) is 28.4 Å². The summed E-state index contributed by atoms with van der Waals surface area (Å²) in [6.07, 6.45) is 0. The molecule has 0 radical (unpaired) electrons. The van der Waals surface area contributed by atoms with Crippen molar-refractivity contribution in [2.75, 3.05) is 10.2 Å². The molecule has 0 saturated heterocycles. The lowest BCUT2D eigenvalue weighted by Crippen LogP contribution is -2.34. The van der Waals surface area contributed by atoms with Gasteiger partial charge in [0.1, 0.15) is 11.5 Å². The third-order valence-electron chi connectivity index (χ3n) is 3.59. The number of aromatic nitrogens is 2. The van der Waals surface area contributed by atoms with Crippen LogP contribution < -0.4 is 21.5 Å². The summed E-state index contributed by atoms with van der Waals surface area (Å²) in [5.74, 6) is 0.526. The third kappa shape index (κ3) is 2.37. The van der Waals surface area contributed by atoms with Crippen LogP contribution in [0.3, 0.4) is 0 Å². The third-order valence-corrected chi connectivity index (χ3v) is 4.31. The van der Waals surface area contributed by atoms with Crippen molar-refractivity contribution in [1.82, 2.24) is 9.55 Å². The molecule has 1 unspecified atom stereocenters. The highest BCUT2D eigenvalue weighted by atomic mass is 79.9. The Morgan fingerprint density at radius 1 is 1.24 bits per heavy atom. The second kappa shape index (κ2) is 5.07. The van der Waals surface area contributed by atoms with Gasteiger partial charge in [0.15, 0.2) is 5.08 Å². The molecule has 0 spiro atoms. The zero-order valence-electron chi connectivity index (χ0n) is 11.7. The summed E-state index contributed by atoms with van der Waals surface area (Å²) in [5.41, 5.74) is 1.94. The maximum atomic E-state index is 12.1. The van der Waals surface area contributed by atoms with Crippen LogP contribution in [0.25, 0.3) is 0 Å². The molecule has 1 aliphatic heterocycles. The van der Waals surface area contributed by atoms with Crippen LogP contribution in [0, 0.1) is 6.92 Å². The van der Waals surface area contributed by atoms with Crippen LogP contribution in [0.5, 0.6) is 0 Å². The number of nitrogens with one attached hydrogen (secondary N) is 2. The van der Waals surface area contributed by atoms with Gasteiger partial charge in [-0.3, -0.25) is 14.3 Å². The molecule has 3 rings (SSSR count). The molecule has 1 aliphatic rings. The summed E-state index contributed by atoms with van der Waals surface area (Å²) in [5, 5.41) is 2.88. The summed E-state index contributed by atoms with van der Waals surface area (Å²) in [4.78, 5) is 28.0. The number of H-pyrrole nitrogens is 1. The van der Waals surface area contributed by atoms with Crippen molar-refractivity contribution in [3.05, 3.63) is 56.2 Å². The van der Waals surface area contributed by atoms with E-state index in [1.165, 1.54) is 10.1 Å². The maximum absolute atomic E-state index is 12.1. The zero-order chi connectivity index (χ0) is 15.1. The molecule has 21 heavy (non-hydrogen) atoms. The molecule has 0 saturated carbocycles. The predicted molar refractivity (Wildman–Crippen MR) is 86.0 cm³/mol. The molecule has 2 N–H and O–H groups in total. The summed E-state index contributed by atoms with van der Waals surface area (Å²) >= 11 is 3.50. The summed E-state index contributed by atoms with van der Waals surface area (Å²) in [6, 6.07) is 8.13. The lowest BCUT2D eigenvalue weighted by Gasteiger charge is -2.21. The second-order valence-electron chi connectivity index (χ2n) is 5.11. The molecule has 1 atom stereocenters. The van der Waals surface area contributed by atoms with E-state index in [4.69, 9.17) is 0 Å². The Labute approximate surface area is 129 Å². The molecule has 1 aromatic carbocycles. The summed E-state index contributed by atoms with van der Waals surface area (Å²) in [6.45, 7) is 2.60. The van der Waals surface area contributed by atoms with Crippen molar-refractivity contribution in [2.24, 2.45) is 7.05 Å². The van der Waals surface area contributed by atoms with Gasteiger partial charge >= 0.3 is 5.69 Å². The van der Waals surface area contributed by atoms with Crippen LogP contribution in [0.2, 0.25) is 0 Å². The largest absolute Gasteiger partial charge is 0.340 e. The van der Waals surface area contributed by atoms with Crippen molar-refractivity contribution < 1.29 is 0 Å². The van der Waals surface area contributed by atoms with Gasteiger partial charge in [0, 0.05) is 13.6 Å². The standard InChI is InChI=1S/C14H15BrN4O2/c1-8-3-5-9(6-4-8)7-19-10-11(16-13(19)15)18(2)14(21)17-12(10)20/h3-6,13,16H,7H2,1-2H3,(H,17,20,21). The van der Waals surface area contributed by atoms with Crippen LogP contribution in [-0.4, -0.2) is 14.6 Å². The molecular formula is C14H15BrN4O2. The molecule has 2 aromatic rings. The van der Waals surface area contributed by atoms with Gasteiger partial charge in [0.25, 0.3) is 5.56 Å². The maximum Gasteiger partial charge on any atom is 0.329 e. The molecule has 6 nitrogen and oxygen atoms in total. The van der Waals surface area contributed by atoms with Crippen molar-refractivity contribution in [2.45, 2.75) is 18.5 Å². The number of halogens is 1. The number of anilines is 2. The number of fused-ring (bicyclic) bond motifs is 1. The highest BCUT2D eigenvalue weighted by Gasteiger charge is 2.31. The van der Waals surface area contributed by atoms with Crippen molar-refractivity contribution >= 4 is 27.4 Å². The Balaban J connectivity index is 2.03. The first-order valence-corrected chi connectivity index (χ1v) is 7.45. The number of alkyl halides is 1. The number of benzene rings is 1. The predicted octanol–water partition coefficient (Wildman–Crippen LogP) is 1.49. The SMILES string of the molecule is Cc1ccc(CN2c3c(n(C)c(=O)[nH]c3=O)NC2Br)cc1.